The van der Waals surface area contributed by atoms with Crippen molar-refractivity contribution in [3.05, 3.63) is 94.3 Å². The Hall–Kier alpha value is -4.53. The molecule has 0 bridgehead atoms. The smallest absolute Gasteiger partial charge is 0.228 e. The molecule has 0 fully saturated rings. The van der Waals surface area contributed by atoms with Crippen molar-refractivity contribution >= 4 is 17.1 Å². The molecule has 0 saturated carbocycles. The van der Waals surface area contributed by atoms with Crippen LogP contribution in [0.15, 0.2) is 71.3 Å². The highest BCUT2D eigenvalue weighted by Gasteiger charge is 2.44. The summed E-state index contributed by atoms with van der Waals surface area (Å²) in [5, 5.41) is 8.83. The highest BCUT2D eigenvalue weighted by atomic mass is 16.6. The Bertz CT molecular complexity index is 1670. The average molecular weight is 538 g/mol. The number of aromatic nitrogens is 4. The van der Waals surface area contributed by atoms with Crippen LogP contribution in [0.4, 0.5) is 0 Å². The normalized spacial score (nSPS) is 18.3. The lowest BCUT2D eigenvalue weighted by molar-refractivity contribution is -0.118. The standard InChI is InChI=1S/C31H31N5O4/c1-18-6-8-20(9-7-18)19(2)35-39-16-25-33-29-28-26(21-10-12-22(38-5)13-11-21)27-23(37)14-31(3,4)15-24(27)40-30(28)32-17-36(29)34-25/h6-13,17,26H,14-16H2,1-5H3/b35-19-. The Morgan fingerprint density at radius 3 is 2.60 bits per heavy atom. The van der Waals surface area contributed by atoms with E-state index in [0.29, 0.717) is 47.1 Å². The molecule has 1 aliphatic heterocycles. The van der Waals surface area contributed by atoms with Crippen LogP contribution in [0.1, 0.15) is 67.6 Å². The third kappa shape index (κ3) is 4.72. The van der Waals surface area contributed by atoms with Gasteiger partial charge in [-0.25, -0.2) is 14.5 Å². The summed E-state index contributed by atoms with van der Waals surface area (Å²) in [6.07, 6.45) is 2.67. The lowest BCUT2D eigenvalue weighted by Crippen LogP contribution is -2.33. The van der Waals surface area contributed by atoms with E-state index in [0.717, 1.165) is 22.6 Å². The van der Waals surface area contributed by atoms with Gasteiger partial charge < -0.3 is 14.3 Å². The molecule has 0 amide bonds. The largest absolute Gasteiger partial charge is 0.497 e. The number of allylic oxidation sites excluding steroid dienone is 2. The quantitative estimate of drug-likeness (QED) is 0.235. The van der Waals surface area contributed by atoms with Gasteiger partial charge in [-0.2, -0.15) is 0 Å². The predicted octanol–water partition coefficient (Wildman–Crippen LogP) is 5.55. The average Bonchev–Trinajstić information content (AvgIpc) is 3.35. The Morgan fingerprint density at radius 1 is 1.12 bits per heavy atom. The third-order valence-corrected chi connectivity index (χ3v) is 7.42. The number of oxime groups is 1. The molecule has 2 aromatic heterocycles. The van der Waals surface area contributed by atoms with Crippen molar-refractivity contribution in [3.63, 3.8) is 0 Å². The molecule has 3 heterocycles. The van der Waals surface area contributed by atoms with Crippen molar-refractivity contribution < 1.29 is 19.1 Å². The molecule has 0 N–H and O–H groups in total. The first-order valence-electron chi connectivity index (χ1n) is 13.3. The maximum Gasteiger partial charge on any atom is 0.228 e. The zero-order valence-electron chi connectivity index (χ0n) is 23.3. The summed E-state index contributed by atoms with van der Waals surface area (Å²) in [7, 11) is 1.63. The summed E-state index contributed by atoms with van der Waals surface area (Å²) >= 11 is 0. The van der Waals surface area contributed by atoms with Crippen molar-refractivity contribution in [2.45, 2.75) is 53.1 Å². The zero-order valence-corrected chi connectivity index (χ0v) is 23.3. The number of ketones is 1. The van der Waals surface area contributed by atoms with Crippen molar-refractivity contribution in [1.29, 1.82) is 0 Å². The Labute approximate surface area is 232 Å². The van der Waals surface area contributed by atoms with Crippen molar-refractivity contribution in [1.82, 2.24) is 19.6 Å². The molecular formula is C31H31N5O4. The second-order valence-corrected chi connectivity index (χ2v) is 11.2. The lowest BCUT2D eigenvalue weighted by Gasteiger charge is -2.37. The van der Waals surface area contributed by atoms with E-state index in [-0.39, 0.29) is 17.8 Å². The van der Waals surface area contributed by atoms with E-state index in [1.54, 1.807) is 18.0 Å². The van der Waals surface area contributed by atoms with E-state index in [9.17, 15) is 4.79 Å². The van der Waals surface area contributed by atoms with Crippen LogP contribution in [0.5, 0.6) is 11.6 Å². The van der Waals surface area contributed by atoms with Crippen molar-refractivity contribution in [2.75, 3.05) is 7.11 Å². The number of Topliss-reactive ketones (excluding diaryl/α,β-unsaturated/α-hetero) is 1. The van der Waals surface area contributed by atoms with Gasteiger partial charge in [-0.15, -0.1) is 5.10 Å². The molecular weight excluding hydrogens is 506 g/mol. The molecule has 9 heteroatoms. The van der Waals surface area contributed by atoms with Crippen LogP contribution in [0.25, 0.3) is 5.65 Å². The van der Waals surface area contributed by atoms with Crippen LogP contribution in [0.2, 0.25) is 0 Å². The Balaban J connectivity index is 1.38. The molecule has 1 unspecified atom stereocenters. The van der Waals surface area contributed by atoms with Gasteiger partial charge in [0, 0.05) is 24.3 Å². The maximum absolute atomic E-state index is 13.6. The van der Waals surface area contributed by atoms with Crippen LogP contribution in [0, 0.1) is 12.3 Å². The molecule has 40 heavy (non-hydrogen) atoms. The van der Waals surface area contributed by atoms with Crippen LogP contribution < -0.4 is 9.47 Å². The number of ether oxygens (including phenoxy) is 2. The number of fused-ring (bicyclic) bond motifs is 3. The predicted molar refractivity (Wildman–Crippen MR) is 149 cm³/mol. The number of rotatable bonds is 6. The summed E-state index contributed by atoms with van der Waals surface area (Å²) in [6, 6.07) is 15.8. The molecule has 1 aliphatic carbocycles. The Kier molecular flexibility index (Phi) is 6.37. The minimum Gasteiger partial charge on any atom is -0.497 e. The van der Waals surface area contributed by atoms with Gasteiger partial charge in [0.05, 0.1) is 18.4 Å². The lowest BCUT2D eigenvalue weighted by atomic mass is 9.70. The fourth-order valence-electron chi connectivity index (χ4n) is 5.41. The summed E-state index contributed by atoms with van der Waals surface area (Å²) in [4.78, 5) is 28.6. The number of hydrogen-bond donors (Lipinski definition) is 0. The number of aryl methyl sites for hydroxylation is 1. The van der Waals surface area contributed by atoms with E-state index < -0.39 is 5.92 Å². The molecule has 0 saturated heterocycles. The van der Waals surface area contributed by atoms with Gasteiger partial charge in [0.15, 0.2) is 23.9 Å². The maximum atomic E-state index is 13.6. The number of carbonyl (C=O) groups is 1. The summed E-state index contributed by atoms with van der Waals surface area (Å²) in [6.45, 7) is 8.18. The van der Waals surface area contributed by atoms with Gasteiger partial charge in [0.25, 0.3) is 0 Å². The topological polar surface area (TPSA) is 100 Å². The number of methoxy groups -OCH3 is 1. The van der Waals surface area contributed by atoms with Crippen LogP contribution >= 0.6 is 0 Å². The highest BCUT2D eigenvalue weighted by molar-refractivity contribution is 6.00. The fraction of sp³-hybridized carbons (Fsp3) is 0.323. The highest BCUT2D eigenvalue weighted by Crippen LogP contribution is 2.50. The number of hydrogen-bond acceptors (Lipinski definition) is 8. The molecule has 204 valence electrons. The van der Waals surface area contributed by atoms with E-state index in [2.05, 4.69) is 29.1 Å². The molecule has 1 atom stereocenters. The first-order chi connectivity index (χ1) is 19.2. The first-order valence-corrected chi connectivity index (χ1v) is 13.3. The van der Waals surface area contributed by atoms with E-state index in [4.69, 9.17) is 19.3 Å². The third-order valence-electron chi connectivity index (χ3n) is 7.42. The van der Waals surface area contributed by atoms with Crippen molar-refractivity contribution in [2.24, 2.45) is 10.6 Å². The van der Waals surface area contributed by atoms with Crippen LogP contribution in [0.3, 0.4) is 0 Å². The Morgan fingerprint density at radius 2 is 1.88 bits per heavy atom. The van der Waals surface area contributed by atoms with E-state index >= 15 is 0 Å². The van der Waals surface area contributed by atoms with Gasteiger partial charge >= 0.3 is 0 Å². The number of benzene rings is 2. The molecule has 6 rings (SSSR count). The first kappa shape index (κ1) is 25.7. The van der Waals surface area contributed by atoms with Gasteiger partial charge in [-0.3, -0.25) is 4.79 Å². The van der Waals surface area contributed by atoms with Gasteiger partial charge in [-0.05, 0) is 42.5 Å². The van der Waals surface area contributed by atoms with E-state index in [1.807, 2.05) is 62.4 Å². The molecule has 2 aromatic carbocycles. The number of carbonyl (C=O) groups excluding carboxylic acids is 1. The molecule has 2 aliphatic rings. The summed E-state index contributed by atoms with van der Waals surface area (Å²) < 4.78 is 13.3. The van der Waals surface area contributed by atoms with Gasteiger partial charge in [-0.1, -0.05) is 61.0 Å². The van der Waals surface area contributed by atoms with Gasteiger partial charge in [0.1, 0.15) is 17.8 Å². The number of nitrogens with zero attached hydrogens (tertiary/aromatic N) is 5. The molecule has 0 radical (unpaired) electrons. The minimum atomic E-state index is -0.399. The second kappa shape index (κ2) is 9.89. The monoisotopic (exact) mass is 537 g/mol. The van der Waals surface area contributed by atoms with Crippen LogP contribution in [-0.4, -0.2) is 38.2 Å². The van der Waals surface area contributed by atoms with Crippen LogP contribution in [-0.2, 0) is 16.2 Å². The van der Waals surface area contributed by atoms with E-state index in [1.165, 1.54) is 5.56 Å². The molecule has 4 aromatic rings. The van der Waals surface area contributed by atoms with Gasteiger partial charge in [0.2, 0.25) is 5.88 Å². The SMILES string of the molecule is COc1ccc(C2C3=C(CC(C)(C)CC3=O)Oc3ncn4nc(CO/N=C(/C)c5ccc(C)cc5)nc4c32)cc1. The zero-order chi connectivity index (χ0) is 28.0. The minimum absolute atomic E-state index is 0.0729. The molecule has 0 spiro atoms. The van der Waals surface area contributed by atoms with Crippen molar-refractivity contribution in [3.8, 4) is 11.6 Å². The fourth-order valence-corrected chi connectivity index (χ4v) is 5.41. The summed E-state index contributed by atoms with van der Waals surface area (Å²) in [5.41, 5.74) is 5.58. The summed E-state index contributed by atoms with van der Waals surface area (Å²) in [5.74, 6) is 1.97. The second-order valence-electron chi connectivity index (χ2n) is 11.2. The molecule has 9 nitrogen and oxygen atoms in total.